The number of hydrogen-bond donors (Lipinski definition) is 1. The molecule has 0 radical (unpaired) electrons. The van der Waals surface area contributed by atoms with Crippen LogP contribution in [-0.4, -0.2) is 45.4 Å². The van der Waals surface area contributed by atoms with Crippen molar-refractivity contribution in [2.75, 3.05) is 13.1 Å². The number of hydrogen-bond acceptors (Lipinski definition) is 5. The zero-order valence-corrected chi connectivity index (χ0v) is 17.2. The van der Waals surface area contributed by atoms with Gasteiger partial charge in [0.2, 0.25) is 0 Å². The Bertz CT molecular complexity index is 883. The average Bonchev–Trinajstić information content (AvgIpc) is 2.67. The molecule has 1 aromatic heterocycles. The Hall–Kier alpha value is -2.60. The van der Waals surface area contributed by atoms with E-state index in [0.29, 0.717) is 32.4 Å². The van der Waals surface area contributed by atoms with Gasteiger partial charge in [-0.2, -0.15) is 0 Å². The highest BCUT2D eigenvalue weighted by Gasteiger charge is 2.44. The first-order chi connectivity index (χ1) is 13.7. The van der Waals surface area contributed by atoms with Crippen molar-refractivity contribution in [1.82, 2.24) is 9.88 Å². The lowest BCUT2D eigenvalue weighted by atomic mass is 9.81. The SMILES string of the molecule is CC(C)(C)OC(=O)N1CCC2(CC1)CC(O)c1cc(-c3ccncc3)ccc1O2. The molecule has 1 spiro atoms. The molecule has 1 aromatic carbocycles. The molecular weight excluding hydrogens is 368 g/mol. The second-order valence-corrected chi connectivity index (χ2v) is 8.96. The fraction of sp³-hybridized carbons (Fsp3) is 0.478. The molecule has 4 rings (SSSR count). The molecule has 6 nitrogen and oxygen atoms in total. The number of pyridine rings is 1. The minimum absolute atomic E-state index is 0.286. The Morgan fingerprint density at radius 3 is 2.52 bits per heavy atom. The van der Waals surface area contributed by atoms with Gasteiger partial charge in [0.25, 0.3) is 0 Å². The summed E-state index contributed by atoms with van der Waals surface area (Å²) in [5, 5.41) is 10.9. The third-order valence-electron chi connectivity index (χ3n) is 5.60. The molecule has 1 atom stereocenters. The lowest BCUT2D eigenvalue weighted by Crippen LogP contribution is -2.52. The van der Waals surface area contributed by atoms with Crippen molar-refractivity contribution in [2.45, 2.75) is 57.3 Å². The number of amides is 1. The fourth-order valence-corrected chi connectivity index (χ4v) is 4.09. The number of aromatic nitrogens is 1. The van der Waals surface area contributed by atoms with Crippen LogP contribution in [0.3, 0.4) is 0 Å². The molecule has 1 saturated heterocycles. The van der Waals surface area contributed by atoms with Crippen LogP contribution in [0.25, 0.3) is 11.1 Å². The van der Waals surface area contributed by atoms with E-state index < -0.39 is 17.3 Å². The summed E-state index contributed by atoms with van der Waals surface area (Å²) in [5.41, 5.74) is 1.96. The van der Waals surface area contributed by atoms with E-state index in [1.165, 1.54) is 0 Å². The molecule has 1 amide bonds. The molecule has 29 heavy (non-hydrogen) atoms. The minimum atomic E-state index is -0.589. The van der Waals surface area contributed by atoms with Gasteiger partial charge >= 0.3 is 6.09 Å². The monoisotopic (exact) mass is 396 g/mol. The molecule has 154 valence electrons. The highest BCUT2D eigenvalue weighted by Crippen LogP contribution is 2.45. The lowest BCUT2D eigenvalue weighted by Gasteiger charge is -2.46. The maximum Gasteiger partial charge on any atom is 0.410 e. The first-order valence-electron chi connectivity index (χ1n) is 10.1. The Balaban J connectivity index is 1.48. The Kier molecular flexibility index (Phi) is 4.99. The van der Waals surface area contributed by atoms with Gasteiger partial charge in [-0.25, -0.2) is 4.79 Å². The lowest BCUT2D eigenvalue weighted by molar-refractivity contribution is -0.0569. The number of aliphatic hydroxyl groups excluding tert-OH is 1. The Morgan fingerprint density at radius 1 is 1.17 bits per heavy atom. The average molecular weight is 396 g/mol. The molecule has 0 aliphatic carbocycles. The summed E-state index contributed by atoms with van der Waals surface area (Å²) in [4.78, 5) is 18.1. The van der Waals surface area contributed by atoms with Gasteiger partial charge in [0.1, 0.15) is 17.0 Å². The van der Waals surface area contributed by atoms with Crippen LogP contribution in [0, 0.1) is 0 Å². The van der Waals surface area contributed by atoms with Crippen LogP contribution < -0.4 is 4.74 Å². The first kappa shape index (κ1) is 19.7. The number of nitrogens with zero attached hydrogens (tertiary/aromatic N) is 2. The van der Waals surface area contributed by atoms with Gasteiger partial charge in [-0.05, 0) is 56.2 Å². The summed E-state index contributed by atoms with van der Waals surface area (Å²) in [6.07, 6.45) is 4.52. The number of fused-ring (bicyclic) bond motifs is 1. The molecule has 3 heterocycles. The van der Waals surface area contributed by atoms with Crippen molar-refractivity contribution in [2.24, 2.45) is 0 Å². The third kappa shape index (κ3) is 4.22. The molecule has 0 saturated carbocycles. The van der Waals surface area contributed by atoms with Gasteiger partial charge < -0.3 is 19.5 Å². The predicted molar refractivity (Wildman–Crippen MR) is 110 cm³/mol. The molecule has 2 aliphatic heterocycles. The molecule has 1 fully saturated rings. The second kappa shape index (κ2) is 7.34. The maximum atomic E-state index is 12.3. The summed E-state index contributed by atoms with van der Waals surface area (Å²) in [6.45, 7) is 6.73. The van der Waals surface area contributed by atoms with Crippen molar-refractivity contribution >= 4 is 6.09 Å². The summed E-state index contributed by atoms with van der Waals surface area (Å²) in [7, 11) is 0. The number of carbonyl (C=O) groups is 1. The smallest absolute Gasteiger partial charge is 0.410 e. The van der Waals surface area contributed by atoms with Crippen molar-refractivity contribution in [3.63, 3.8) is 0 Å². The van der Waals surface area contributed by atoms with E-state index in [2.05, 4.69) is 4.98 Å². The van der Waals surface area contributed by atoms with Crippen molar-refractivity contribution in [1.29, 1.82) is 0 Å². The van der Waals surface area contributed by atoms with Crippen LogP contribution >= 0.6 is 0 Å². The zero-order valence-electron chi connectivity index (χ0n) is 17.2. The predicted octanol–water partition coefficient (Wildman–Crippen LogP) is 4.33. The molecule has 2 aliphatic rings. The second-order valence-electron chi connectivity index (χ2n) is 8.96. The minimum Gasteiger partial charge on any atom is -0.487 e. The number of rotatable bonds is 1. The normalized spacial score (nSPS) is 20.7. The summed E-state index contributed by atoms with van der Waals surface area (Å²) in [5.74, 6) is 0.729. The van der Waals surface area contributed by atoms with E-state index in [1.54, 1.807) is 17.3 Å². The molecule has 1 N–H and O–H groups in total. The van der Waals surface area contributed by atoms with Crippen LogP contribution in [0.2, 0.25) is 0 Å². The topological polar surface area (TPSA) is 71.9 Å². The fourth-order valence-electron chi connectivity index (χ4n) is 4.09. The van der Waals surface area contributed by atoms with E-state index >= 15 is 0 Å². The Morgan fingerprint density at radius 2 is 1.86 bits per heavy atom. The first-order valence-corrected chi connectivity index (χ1v) is 10.1. The van der Waals surface area contributed by atoms with Gasteiger partial charge in [0.05, 0.1) is 6.10 Å². The van der Waals surface area contributed by atoms with E-state index in [1.807, 2.05) is 51.1 Å². The van der Waals surface area contributed by atoms with Gasteiger partial charge in [-0.15, -0.1) is 0 Å². The molecule has 2 aromatic rings. The number of benzene rings is 1. The van der Waals surface area contributed by atoms with Crippen LogP contribution in [0.15, 0.2) is 42.7 Å². The summed E-state index contributed by atoms with van der Waals surface area (Å²) < 4.78 is 11.9. The zero-order chi connectivity index (χ0) is 20.6. The number of piperidine rings is 1. The molecule has 1 unspecified atom stereocenters. The standard InChI is InChI=1S/C23H28N2O4/c1-22(2,3)29-21(27)25-12-8-23(9-13-25)15-19(26)18-14-17(4-5-20(18)28-23)16-6-10-24-11-7-16/h4-7,10-11,14,19,26H,8-9,12-13,15H2,1-3H3. The quantitative estimate of drug-likeness (QED) is 0.777. The molecular formula is C23H28N2O4. The number of carbonyl (C=O) groups excluding carboxylic acids is 1. The molecule has 6 heteroatoms. The largest absolute Gasteiger partial charge is 0.487 e. The maximum absolute atomic E-state index is 12.3. The van der Waals surface area contributed by atoms with Crippen LogP contribution in [0.4, 0.5) is 4.79 Å². The number of likely N-dealkylation sites (tertiary alicyclic amines) is 1. The van der Waals surface area contributed by atoms with Gasteiger partial charge in [0, 0.05) is 50.3 Å². The third-order valence-corrected chi connectivity index (χ3v) is 5.60. The highest BCUT2D eigenvalue weighted by atomic mass is 16.6. The van der Waals surface area contributed by atoms with E-state index in [4.69, 9.17) is 9.47 Å². The summed E-state index contributed by atoms with van der Waals surface area (Å²) >= 11 is 0. The van der Waals surface area contributed by atoms with Crippen LogP contribution in [0.1, 0.15) is 51.7 Å². The van der Waals surface area contributed by atoms with Crippen molar-refractivity contribution in [3.8, 4) is 16.9 Å². The van der Waals surface area contributed by atoms with E-state index in [-0.39, 0.29) is 6.09 Å². The molecule has 0 bridgehead atoms. The van der Waals surface area contributed by atoms with Gasteiger partial charge in [-0.1, -0.05) is 6.07 Å². The highest BCUT2D eigenvalue weighted by molar-refractivity contribution is 5.68. The summed E-state index contributed by atoms with van der Waals surface area (Å²) in [6, 6.07) is 9.85. The number of aliphatic hydroxyl groups is 1. The van der Waals surface area contributed by atoms with E-state index in [0.717, 1.165) is 22.4 Å². The van der Waals surface area contributed by atoms with Gasteiger partial charge in [0.15, 0.2) is 0 Å². The Labute approximate surface area is 171 Å². The van der Waals surface area contributed by atoms with E-state index in [9.17, 15) is 9.90 Å². The number of ether oxygens (including phenoxy) is 2. The van der Waals surface area contributed by atoms with Crippen molar-refractivity contribution < 1.29 is 19.4 Å². The van der Waals surface area contributed by atoms with Gasteiger partial charge in [-0.3, -0.25) is 4.98 Å². The van der Waals surface area contributed by atoms with Crippen LogP contribution in [0.5, 0.6) is 5.75 Å². The van der Waals surface area contributed by atoms with Crippen molar-refractivity contribution in [3.05, 3.63) is 48.3 Å². The van der Waals surface area contributed by atoms with Crippen LogP contribution in [-0.2, 0) is 4.74 Å².